The molecule has 0 atom stereocenters. The number of benzene rings is 1. The molecule has 168 valence electrons. The van der Waals surface area contributed by atoms with E-state index in [1.54, 1.807) is 14.2 Å². The van der Waals surface area contributed by atoms with Crippen LogP contribution in [0, 0.1) is 0 Å². The second-order valence-electron chi connectivity index (χ2n) is 7.62. The number of nitrogens with two attached hydrogens (primary N) is 1. The summed E-state index contributed by atoms with van der Waals surface area (Å²) in [5.41, 5.74) is 5.59. The summed E-state index contributed by atoms with van der Waals surface area (Å²) in [6.07, 6.45) is 0. The van der Waals surface area contributed by atoms with E-state index in [-0.39, 0.29) is 23.7 Å². The van der Waals surface area contributed by atoms with Gasteiger partial charge in [-0.25, -0.2) is 4.79 Å². The van der Waals surface area contributed by atoms with Crippen molar-refractivity contribution in [2.75, 3.05) is 52.7 Å². The number of Topliss-reactive ketones (excluding diaryl/α,β-unsaturated/α-hetero) is 1. The first-order valence-corrected chi connectivity index (χ1v) is 10.0. The Balaban J connectivity index is 1.65. The summed E-state index contributed by atoms with van der Waals surface area (Å²) in [7, 11) is 6.06. The Morgan fingerprint density at radius 3 is 2.26 bits per heavy atom. The standard InChI is InChI=1S/C21H29N5O5/c1-23-19(22)18(20(28)24(2)21(23)29)16(27)13-26-9-7-25(8-10-26)12-14-11-15(30-3)5-6-17(14)31-4/h5-6,11H,7-10,12-13,22H2,1-4H3. The summed E-state index contributed by atoms with van der Waals surface area (Å²) in [6.45, 7) is 3.64. The van der Waals surface area contributed by atoms with E-state index in [9.17, 15) is 14.4 Å². The summed E-state index contributed by atoms with van der Waals surface area (Å²) < 4.78 is 12.8. The highest BCUT2D eigenvalue weighted by Gasteiger charge is 2.25. The average molecular weight is 431 g/mol. The molecule has 0 unspecified atom stereocenters. The molecule has 10 nitrogen and oxygen atoms in total. The Morgan fingerprint density at radius 1 is 1.00 bits per heavy atom. The van der Waals surface area contributed by atoms with Crippen LogP contribution in [0.4, 0.5) is 5.82 Å². The number of nitrogens with zero attached hydrogens (tertiary/aromatic N) is 4. The van der Waals surface area contributed by atoms with Gasteiger partial charge in [0, 0.05) is 52.4 Å². The van der Waals surface area contributed by atoms with Crippen LogP contribution < -0.4 is 26.5 Å². The van der Waals surface area contributed by atoms with Gasteiger partial charge in [0.1, 0.15) is 22.9 Å². The van der Waals surface area contributed by atoms with Gasteiger partial charge in [-0.15, -0.1) is 0 Å². The van der Waals surface area contributed by atoms with Crippen LogP contribution in [0.15, 0.2) is 27.8 Å². The van der Waals surface area contributed by atoms with Crippen LogP contribution in [0.25, 0.3) is 0 Å². The first kappa shape index (κ1) is 22.6. The van der Waals surface area contributed by atoms with Crippen LogP contribution in [0.1, 0.15) is 15.9 Å². The smallest absolute Gasteiger partial charge is 0.332 e. The molecule has 2 heterocycles. The molecule has 2 N–H and O–H groups in total. The molecular weight excluding hydrogens is 402 g/mol. The van der Waals surface area contributed by atoms with Crippen LogP contribution in [0.3, 0.4) is 0 Å². The second-order valence-corrected chi connectivity index (χ2v) is 7.62. The van der Waals surface area contributed by atoms with Gasteiger partial charge in [-0.1, -0.05) is 0 Å². The molecule has 10 heteroatoms. The largest absolute Gasteiger partial charge is 0.497 e. The van der Waals surface area contributed by atoms with E-state index < -0.39 is 11.2 Å². The van der Waals surface area contributed by atoms with Crippen molar-refractivity contribution in [1.82, 2.24) is 18.9 Å². The maximum absolute atomic E-state index is 12.8. The van der Waals surface area contributed by atoms with Crippen molar-refractivity contribution in [3.63, 3.8) is 0 Å². The van der Waals surface area contributed by atoms with Crippen molar-refractivity contribution < 1.29 is 14.3 Å². The number of ether oxygens (including phenoxy) is 2. The maximum Gasteiger partial charge on any atom is 0.332 e. The molecule has 0 amide bonds. The third kappa shape index (κ3) is 4.64. The van der Waals surface area contributed by atoms with Crippen molar-refractivity contribution in [2.45, 2.75) is 6.54 Å². The summed E-state index contributed by atoms with van der Waals surface area (Å²) in [5.74, 6) is 1.11. The zero-order chi connectivity index (χ0) is 22.7. The number of carbonyl (C=O) groups excluding carboxylic acids is 1. The fraction of sp³-hybridized carbons (Fsp3) is 0.476. The Hall–Kier alpha value is -3.11. The molecule has 1 aliphatic rings. The highest BCUT2D eigenvalue weighted by Crippen LogP contribution is 2.25. The average Bonchev–Trinajstić information content (AvgIpc) is 2.77. The minimum atomic E-state index is -0.658. The van der Waals surface area contributed by atoms with Crippen molar-refractivity contribution in [3.05, 3.63) is 50.2 Å². The van der Waals surface area contributed by atoms with E-state index in [2.05, 4.69) is 4.90 Å². The van der Waals surface area contributed by atoms with E-state index in [1.807, 2.05) is 23.1 Å². The van der Waals surface area contributed by atoms with E-state index >= 15 is 0 Å². The first-order chi connectivity index (χ1) is 14.8. The van der Waals surface area contributed by atoms with Crippen LogP contribution in [-0.2, 0) is 20.6 Å². The van der Waals surface area contributed by atoms with Gasteiger partial charge >= 0.3 is 5.69 Å². The zero-order valence-corrected chi connectivity index (χ0v) is 18.4. The number of hydrogen-bond acceptors (Lipinski definition) is 8. The Kier molecular flexibility index (Phi) is 6.81. The molecule has 1 fully saturated rings. The molecule has 3 rings (SSSR count). The number of nitrogen functional groups attached to an aromatic ring is 1. The topological polar surface area (TPSA) is 112 Å². The SMILES string of the molecule is COc1ccc(OC)c(CN2CCN(CC(=O)c3c(N)n(C)c(=O)n(C)c3=O)CC2)c1. The molecule has 1 saturated heterocycles. The summed E-state index contributed by atoms with van der Waals surface area (Å²) in [5, 5.41) is 0. The molecule has 1 aromatic heterocycles. The first-order valence-electron chi connectivity index (χ1n) is 10.0. The number of carbonyl (C=O) groups is 1. The van der Waals surface area contributed by atoms with Crippen LogP contribution in [-0.4, -0.2) is 71.7 Å². The van der Waals surface area contributed by atoms with Gasteiger partial charge < -0.3 is 15.2 Å². The molecule has 1 aromatic carbocycles. The predicted octanol–water partition coefficient (Wildman–Crippen LogP) is -0.316. The van der Waals surface area contributed by atoms with Gasteiger partial charge in [0.05, 0.1) is 20.8 Å². The van der Waals surface area contributed by atoms with E-state index in [1.165, 1.54) is 14.1 Å². The quantitative estimate of drug-likeness (QED) is 0.594. The fourth-order valence-corrected chi connectivity index (χ4v) is 3.76. The van der Waals surface area contributed by atoms with Gasteiger partial charge in [-0.05, 0) is 18.2 Å². The van der Waals surface area contributed by atoms with Crippen LogP contribution in [0.2, 0.25) is 0 Å². The lowest BCUT2D eigenvalue weighted by molar-refractivity contribution is 0.0841. The lowest BCUT2D eigenvalue weighted by atomic mass is 10.1. The summed E-state index contributed by atoms with van der Waals surface area (Å²) >= 11 is 0. The van der Waals surface area contributed by atoms with E-state index in [0.29, 0.717) is 19.6 Å². The van der Waals surface area contributed by atoms with Gasteiger partial charge in [0.25, 0.3) is 5.56 Å². The number of methoxy groups -OCH3 is 2. The van der Waals surface area contributed by atoms with E-state index in [0.717, 1.165) is 39.3 Å². The fourth-order valence-electron chi connectivity index (χ4n) is 3.76. The van der Waals surface area contributed by atoms with Gasteiger partial charge in [0.2, 0.25) is 0 Å². The number of ketones is 1. The molecule has 0 spiro atoms. The molecule has 0 radical (unpaired) electrons. The number of anilines is 1. The summed E-state index contributed by atoms with van der Waals surface area (Å²) in [6, 6.07) is 5.72. The Labute approximate surface area is 180 Å². The summed E-state index contributed by atoms with van der Waals surface area (Å²) in [4.78, 5) is 41.4. The van der Waals surface area contributed by atoms with Crippen molar-refractivity contribution in [1.29, 1.82) is 0 Å². The molecule has 1 aliphatic heterocycles. The van der Waals surface area contributed by atoms with Gasteiger partial charge in [-0.3, -0.25) is 28.5 Å². The van der Waals surface area contributed by atoms with Crippen LogP contribution >= 0.6 is 0 Å². The van der Waals surface area contributed by atoms with Gasteiger partial charge in [-0.2, -0.15) is 0 Å². The molecule has 31 heavy (non-hydrogen) atoms. The number of piperazine rings is 1. The van der Waals surface area contributed by atoms with Crippen molar-refractivity contribution in [2.24, 2.45) is 14.1 Å². The highest BCUT2D eigenvalue weighted by atomic mass is 16.5. The maximum atomic E-state index is 12.8. The molecule has 0 bridgehead atoms. The monoisotopic (exact) mass is 431 g/mol. The highest BCUT2D eigenvalue weighted by molar-refractivity contribution is 6.01. The normalized spacial score (nSPS) is 15.1. The lowest BCUT2D eigenvalue weighted by Crippen LogP contribution is -2.48. The lowest BCUT2D eigenvalue weighted by Gasteiger charge is -2.34. The minimum absolute atomic E-state index is 0.0773. The van der Waals surface area contributed by atoms with Crippen LogP contribution in [0.5, 0.6) is 11.5 Å². The number of aromatic nitrogens is 2. The molecule has 2 aromatic rings. The number of rotatable bonds is 7. The Bertz CT molecular complexity index is 1080. The zero-order valence-electron chi connectivity index (χ0n) is 18.4. The third-order valence-corrected chi connectivity index (χ3v) is 5.70. The van der Waals surface area contributed by atoms with E-state index in [4.69, 9.17) is 15.2 Å². The third-order valence-electron chi connectivity index (χ3n) is 5.70. The molecule has 0 aliphatic carbocycles. The van der Waals surface area contributed by atoms with Crippen molar-refractivity contribution in [3.8, 4) is 11.5 Å². The van der Waals surface area contributed by atoms with Gasteiger partial charge in [0.15, 0.2) is 5.78 Å². The molecule has 0 saturated carbocycles. The predicted molar refractivity (Wildman–Crippen MR) is 117 cm³/mol. The van der Waals surface area contributed by atoms with Crippen molar-refractivity contribution >= 4 is 11.6 Å². The Morgan fingerprint density at radius 2 is 1.65 bits per heavy atom. The number of hydrogen-bond donors (Lipinski definition) is 1. The molecular formula is C21H29N5O5. The second kappa shape index (κ2) is 9.36. The minimum Gasteiger partial charge on any atom is -0.497 e.